The van der Waals surface area contributed by atoms with E-state index in [2.05, 4.69) is 15.2 Å². The third kappa shape index (κ3) is 5.67. The molecule has 7 nitrogen and oxygen atoms in total. The number of amides is 2. The fourth-order valence-electron chi connectivity index (χ4n) is 4.08. The zero-order valence-electron chi connectivity index (χ0n) is 16.8. The molecule has 7 heteroatoms. The van der Waals surface area contributed by atoms with Gasteiger partial charge in [0.1, 0.15) is 0 Å². The summed E-state index contributed by atoms with van der Waals surface area (Å²) in [5, 5.41) is 3.06. The Morgan fingerprint density at radius 1 is 1.25 bits per heavy atom. The van der Waals surface area contributed by atoms with Crippen molar-refractivity contribution in [3.05, 3.63) is 30.1 Å². The van der Waals surface area contributed by atoms with Crippen LogP contribution in [0.5, 0.6) is 0 Å². The number of nitrogens with zero attached hydrogens (tertiary/aromatic N) is 3. The van der Waals surface area contributed by atoms with Crippen LogP contribution in [-0.2, 0) is 16.1 Å². The molecule has 3 rings (SSSR count). The maximum Gasteiger partial charge on any atom is 0.409 e. The van der Waals surface area contributed by atoms with Crippen LogP contribution in [0.2, 0.25) is 0 Å². The third-order valence-corrected chi connectivity index (χ3v) is 5.68. The van der Waals surface area contributed by atoms with Crippen molar-refractivity contribution in [2.45, 2.75) is 51.6 Å². The lowest BCUT2D eigenvalue weighted by atomic mass is 9.93. The van der Waals surface area contributed by atoms with Crippen LogP contribution >= 0.6 is 0 Å². The SMILES string of the molecule is CCCOC(=O)N1CCC(N2CCCC(C(=O)NCc3cccnc3)C2)CC1. The van der Waals surface area contributed by atoms with Gasteiger partial charge in [-0.25, -0.2) is 4.79 Å². The van der Waals surface area contributed by atoms with E-state index in [1.54, 1.807) is 12.4 Å². The van der Waals surface area contributed by atoms with Gasteiger partial charge in [0, 0.05) is 44.6 Å². The molecule has 28 heavy (non-hydrogen) atoms. The van der Waals surface area contributed by atoms with Crippen molar-refractivity contribution in [1.29, 1.82) is 0 Å². The second kappa shape index (κ2) is 10.4. The van der Waals surface area contributed by atoms with Gasteiger partial charge >= 0.3 is 6.09 Å². The molecule has 1 atom stereocenters. The molecule has 2 saturated heterocycles. The van der Waals surface area contributed by atoms with Crippen LogP contribution < -0.4 is 5.32 Å². The lowest BCUT2D eigenvalue weighted by Gasteiger charge is -2.41. The number of nitrogens with one attached hydrogen (secondary N) is 1. The molecular weight excluding hydrogens is 356 g/mol. The highest BCUT2D eigenvalue weighted by atomic mass is 16.6. The van der Waals surface area contributed by atoms with Gasteiger partial charge in [0.25, 0.3) is 0 Å². The molecule has 0 bridgehead atoms. The fourth-order valence-corrected chi connectivity index (χ4v) is 4.08. The van der Waals surface area contributed by atoms with Gasteiger partial charge in [-0.15, -0.1) is 0 Å². The number of aromatic nitrogens is 1. The molecule has 2 fully saturated rings. The van der Waals surface area contributed by atoms with E-state index in [0.29, 0.717) is 19.2 Å². The third-order valence-electron chi connectivity index (χ3n) is 5.68. The van der Waals surface area contributed by atoms with Gasteiger partial charge in [0.15, 0.2) is 0 Å². The lowest BCUT2D eigenvalue weighted by molar-refractivity contribution is -0.127. The maximum absolute atomic E-state index is 12.6. The Labute approximate surface area is 167 Å². The summed E-state index contributed by atoms with van der Waals surface area (Å²) in [6, 6.07) is 4.30. The maximum atomic E-state index is 12.6. The van der Waals surface area contributed by atoms with Crippen molar-refractivity contribution in [2.75, 3.05) is 32.8 Å². The molecule has 0 saturated carbocycles. The highest BCUT2D eigenvalue weighted by Gasteiger charge is 2.32. The first-order valence-electron chi connectivity index (χ1n) is 10.5. The minimum atomic E-state index is -0.188. The van der Waals surface area contributed by atoms with Gasteiger partial charge in [0.2, 0.25) is 5.91 Å². The monoisotopic (exact) mass is 388 g/mol. The van der Waals surface area contributed by atoms with E-state index in [-0.39, 0.29) is 17.9 Å². The smallest absolute Gasteiger partial charge is 0.409 e. The van der Waals surface area contributed by atoms with Crippen LogP contribution in [0.25, 0.3) is 0 Å². The summed E-state index contributed by atoms with van der Waals surface area (Å²) < 4.78 is 5.24. The van der Waals surface area contributed by atoms with Crippen molar-refractivity contribution in [3.63, 3.8) is 0 Å². The van der Waals surface area contributed by atoms with Gasteiger partial charge in [-0.05, 0) is 50.3 Å². The lowest BCUT2D eigenvalue weighted by Crippen LogP contribution is -2.51. The van der Waals surface area contributed by atoms with E-state index < -0.39 is 0 Å². The van der Waals surface area contributed by atoms with E-state index in [1.807, 2.05) is 24.0 Å². The summed E-state index contributed by atoms with van der Waals surface area (Å²) in [5.41, 5.74) is 1.02. The normalized spacial score (nSPS) is 21.3. The van der Waals surface area contributed by atoms with E-state index in [9.17, 15) is 9.59 Å². The molecule has 3 heterocycles. The number of pyridine rings is 1. The minimum Gasteiger partial charge on any atom is -0.449 e. The minimum absolute atomic E-state index is 0.0398. The second-order valence-electron chi connectivity index (χ2n) is 7.75. The first kappa shape index (κ1) is 20.6. The van der Waals surface area contributed by atoms with Crippen LogP contribution in [0.4, 0.5) is 4.79 Å². The number of likely N-dealkylation sites (tertiary alicyclic amines) is 2. The molecule has 2 aliphatic heterocycles. The zero-order chi connectivity index (χ0) is 19.8. The number of carbonyl (C=O) groups is 2. The molecule has 0 spiro atoms. The Hall–Kier alpha value is -2.15. The molecule has 1 aromatic heterocycles. The van der Waals surface area contributed by atoms with Gasteiger partial charge in [-0.1, -0.05) is 13.0 Å². The Morgan fingerprint density at radius 2 is 2.07 bits per heavy atom. The van der Waals surface area contributed by atoms with Crippen molar-refractivity contribution in [3.8, 4) is 0 Å². The summed E-state index contributed by atoms with van der Waals surface area (Å²) in [6.45, 7) is 6.34. The van der Waals surface area contributed by atoms with E-state index >= 15 is 0 Å². The van der Waals surface area contributed by atoms with Crippen LogP contribution in [-0.4, -0.2) is 65.6 Å². The van der Waals surface area contributed by atoms with E-state index in [1.165, 1.54) is 0 Å². The summed E-state index contributed by atoms with van der Waals surface area (Å²) in [6.07, 6.45) is 8.07. The van der Waals surface area contributed by atoms with Crippen molar-refractivity contribution < 1.29 is 14.3 Å². The highest BCUT2D eigenvalue weighted by molar-refractivity contribution is 5.79. The van der Waals surface area contributed by atoms with Crippen LogP contribution in [0.1, 0.15) is 44.6 Å². The second-order valence-corrected chi connectivity index (χ2v) is 7.75. The summed E-state index contributed by atoms with van der Waals surface area (Å²) in [7, 11) is 0. The fraction of sp³-hybridized carbons (Fsp3) is 0.667. The van der Waals surface area contributed by atoms with E-state index in [4.69, 9.17) is 4.74 Å². The van der Waals surface area contributed by atoms with Crippen LogP contribution in [0.3, 0.4) is 0 Å². The van der Waals surface area contributed by atoms with E-state index in [0.717, 1.165) is 63.8 Å². The highest BCUT2D eigenvalue weighted by Crippen LogP contribution is 2.24. The van der Waals surface area contributed by atoms with Gasteiger partial charge in [-0.3, -0.25) is 14.7 Å². The van der Waals surface area contributed by atoms with Crippen LogP contribution in [0.15, 0.2) is 24.5 Å². The molecule has 0 aliphatic carbocycles. The quantitative estimate of drug-likeness (QED) is 0.810. The standard InChI is InChI=1S/C21H32N4O3/c1-2-13-28-21(27)24-11-7-19(8-12-24)25-10-4-6-18(16-25)20(26)23-15-17-5-3-9-22-14-17/h3,5,9,14,18-19H,2,4,6-8,10-13,15-16H2,1H3,(H,23,26). The first-order chi connectivity index (χ1) is 13.7. The van der Waals surface area contributed by atoms with Crippen LogP contribution in [0, 0.1) is 5.92 Å². The summed E-state index contributed by atoms with van der Waals surface area (Å²) >= 11 is 0. The van der Waals surface area contributed by atoms with Crippen molar-refractivity contribution >= 4 is 12.0 Å². The molecule has 2 amide bonds. The Balaban J connectivity index is 1.43. The topological polar surface area (TPSA) is 74.8 Å². The average molecular weight is 389 g/mol. The van der Waals surface area contributed by atoms with Gasteiger partial charge < -0.3 is 15.0 Å². The molecular formula is C21H32N4O3. The molecule has 1 unspecified atom stereocenters. The molecule has 0 aromatic carbocycles. The molecule has 1 aromatic rings. The number of rotatable bonds is 6. The average Bonchev–Trinajstić information content (AvgIpc) is 2.76. The molecule has 0 radical (unpaired) electrons. The number of ether oxygens (including phenoxy) is 1. The molecule has 2 aliphatic rings. The number of hydrogen-bond acceptors (Lipinski definition) is 5. The predicted molar refractivity (Wildman–Crippen MR) is 107 cm³/mol. The first-order valence-corrected chi connectivity index (χ1v) is 10.5. The summed E-state index contributed by atoms with van der Waals surface area (Å²) in [4.78, 5) is 33.0. The van der Waals surface area contributed by atoms with Gasteiger partial charge in [0.05, 0.1) is 12.5 Å². The summed E-state index contributed by atoms with van der Waals surface area (Å²) in [5.74, 6) is 0.173. The predicted octanol–water partition coefficient (Wildman–Crippen LogP) is 2.42. The number of hydrogen-bond donors (Lipinski definition) is 1. The van der Waals surface area contributed by atoms with Crippen molar-refractivity contribution in [2.24, 2.45) is 5.92 Å². The number of carbonyl (C=O) groups excluding carboxylic acids is 2. The Kier molecular flexibility index (Phi) is 7.65. The molecule has 154 valence electrons. The number of piperidine rings is 2. The van der Waals surface area contributed by atoms with Crippen molar-refractivity contribution in [1.82, 2.24) is 20.1 Å². The zero-order valence-corrected chi connectivity index (χ0v) is 16.8. The Morgan fingerprint density at radius 3 is 2.79 bits per heavy atom. The largest absolute Gasteiger partial charge is 0.449 e. The van der Waals surface area contributed by atoms with Gasteiger partial charge in [-0.2, -0.15) is 0 Å². The Bertz CT molecular complexity index is 632. The molecule has 1 N–H and O–H groups in total.